The lowest BCUT2D eigenvalue weighted by Gasteiger charge is -2.11. The maximum atomic E-state index is 11.5. The molecule has 1 fully saturated rings. The number of rotatable bonds is 7. The zero-order valence-corrected chi connectivity index (χ0v) is 9.95. The molecule has 1 aliphatic rings. The highest BCUT2D eigenvalue weighted by Crippen LogP contribution is 2.08. The van der Waals surface area contributed by atoms with Crippen molar-refractivity contribution in [3.63, 3.8) is 0 Å². The van der Waals surface area contributed by atoms with Gasteiger partial charge in [-0.3, -0.25) is 9.59 Å². The monoisotopic (exact) mass is 243 g/mol. The number of carboxylic acids is 1. The number of nitrogens with one attached hydrogen (secondary N) is 2. The number of carboxylic acid groups (broad SMARTS) is 1. The third-order valence-electron chi connectivity index (χ3n) is 2.93. The van der Waals surface area contributed by atoms with Gasteiger partial charge in [-0.05, 0) is 32.2 Å². The second kappa shape index (κ2) is 7.24. The third kappa shape index (κ3) is 5.65. The molecule has 17 heavy (non-hydrogen) atoms. The van der Waals surface area contributed by atoms with Crippen LogP contribution in [0.5, 0.6) is 0 Å². The van der Waals surface area contributed by atoms with Crippen LogP contribution in [0.15, 0.2) is 0 Å². The Bertz CT molecular complexity index is 265. The van der Waals surface area contributed by atoms with E-state index in [1.807, 2.05) is 0 Å². The van der Waals surface area contributed by atoms with E-state index in [2.05, 4.69) is 10.6 Å². The lowest BCUT2D eigenvalue weighted by molar-refractivity contribution is -0.138. The molecule has 1 saturated heterocycles. The Morgan fingerprint density at radius 3 is 2.88 bits per heavy atom. The van der Waals surface area contributed by atoms with Crippen molar-refractivity contribution in [1.29, 1.82) is 0 Å². The molecular weight excluding hydrogens is 222 g/mol. The summed E-state index contributed by atoms with van der Waals surface area (Å²) in [5, 5.41) is 14.6. The summed E-state index contributed by atoms with van der Waals surface area (Å²) in [5.74, 6) is -0.972. The Morgan fingerprint density at radius 1 is 1.53 bits per heavy atom. The van der Waals surface area contributed by atoms with Crippen LogP contribution >= 0.6 is 0 Å². The second-order valence-corrected chi connectivity index (χ2v) is 4.43. The first-order chi connectivity index (χ1) is 8.09. The number of carbonyl (C=O) groups is 2. The van der Waals surface area contributed by atoms with E-state index in [-0.39, 0.29) is 5.91 Å². The predicted molar refractivity (Wildman–Crippen MR) is 63.5 cm³/mol. The maximum absolute atomic E-state index is 11.5. The molecule has 0 radical (unpaired) electrons. The van der Waals surface area contributed by atoms with E-state index in [9.17, 15) is 9.59 Å². The van der Waals surface area contributed by atoms with E-state index in [0.717, 1.165) is 19.4 Å². The van der Waals surface area contributed by atoms with E-state index < -0.39 is 12.0 Å². The molecule has 1 heterocycles. The summed E-state index contributed by atoms with van der Waals surface area (Å²) >= 11 is 0. The van der Waals surface area contributed by atoms with Gasteiger partial charge in [0.25, 0.3) is 0 Å². The van der Waals surface area contributed by atoms with E-state index >= 15 is 0 Å². The molecular formula is C11H21N3O3. The highest BCUT2D eigenvalue weighted by atomic mass is 16.4. The predicted octanol–water partition coefficient (Wildman–Crippen LogP) is -0.563. The molecule has 0 aromatic rings. The van der Waals surface area contributed by atoms with Crippen LogP contribution in [0, 0.1) is 0 Å². The van der Waals surface area contributed by atoms with Crippen LogP contribution in [-0.4, -0.2) is 42.2 Å². The highest BCUT2D eigenvalue weighted by molar-refractivity contribution is 5.76. The summed E-state index contributed by atoms with van der Waals surface area (Å²) in [6.07, 6.45) is 3.67. The minimum Gasteiger partial charge on any atom is -0.480 e. The second-order valence-electron chi connectivity index (χ2n) is 4.43. The molecule has 1 aliphatic heterocycles. The highest BCUT2D eigenvalue weighted by Gasteiger charge is 2.17. The molecule has 0 aromatic carbocycles. The molecule has 6 nitrogen and oxygen atoms in total. The van der Waals surface area contributed by atoms with Gasteiger partial charge in [0.05, 0.1) is 0 Å². The first-order valence-electron chi connectivity index (χ1n) is 6.08. The van der Waals surface area contributed by atoms with Gasteiger partial charge in [0.15, 0.2) is 0 Å². The molecule has 0 aromatic heterocycles. The van der Waals surface area contributed by atoms with E-state index in [0.29, 0.717) is 31.8 Å². The van der Waals surface area contributed by atoms with Gasteiger partial charge in [-0.1, -0.05) is 0 Å². The molecule has 6 heteroatoms. The normalized spacial score (nSPS) is 21.1. The number of hydrogen-bond acceptors (Lipinski definition) is 4. The summed E-state index contributed by atoms with van der Waals surface area (Å²) in [5.41, 5.74) is 5.34. The molecule has 1 amide bonds. The number of aliphatic carboxylic acids is 1. The van der Waals surface area contributed by atoms with E-state index in [4.69, 9.17) is 10.8 Å². The zero-order chi connectivity index (χ0) is 12.7. The number of nitrogens with two attached hydrogens (primary N) is 1. The summed E-state index contributed by atoms with van der Waals surface area (Å²) in [7, 11) is 0. The number of hydrogen-bond donors (Lipinski definition) is 4. The van der Waals surface area contributed by atoms with Crippen LogP contribution in [0.1, 0.15) is 32.1 Å². The quantitative estimate of drug-likeness (QED) is 0.449. The zero-order valence-electron chi connectivity index (χ0n) is 9.95. The molecule has 0 saturated carbocycles. The summed E-state index contributed by atoms with van der Waals surface area (Å²) < 4.78 is 0. The van der Waals surface area contributed by atoms with Crippen molar-refractivity contribution in [1.82, 2.24) is 10.6 Å². The molecule has 0 aliphatic carbocycles. The Kier molecular flexibility index (Phi) is 5.93. The largest absolute Gasteiger partial charge is 0.480 e. The summed E-state index contributed by atoms with van der Waals surface area (Å²) in [6, 6.07) is -0.528. The fraction of sp³-hybridized carbons (Fsp3) is 0.818. The van der Waals surface area contributed by atoms with Crippen LogP contribution in [-0.2, 0) is 9.59 Å². The van der Waals surface area contributed by atoms with Gasteiger partial charge in [-0.25, -0.2) is 0 Å². The van der Waals surface area contributed by atoms with Gasteiger partial charge in [0, 0.05) is 19.0 Å². The van der Waals surface area contributed by atoms with Crippen molar-refractivity contribution in [2.75, 3.05) is 13.1 Å². The third-order valence-corrected chi connectivity index (χ3v) is 2.93. The van der Waals surface area contributed by atoms with Gasteiger partial charge in [-0.2, -0.15) is 0 Å². The van der Waals surface area contributed by atoms with Gasteiger partial charge < -0.3 is 21.5 Å². The van der Waals surface area contributed by atoms with Crippen molar-refractivity contribution in [2.24, 2.45) is 5.73 Å². The lowest BCUT2D eigenvalue weighted by Crippen LogP contribution is -2.34. The Hall–Kier alpha value is -1.14. The molecule has 0 bridgehead atoms. The van der Waals surface area contributed by atoms with E-state index in [1.165, 1.54) is 0 Å². The van der Waals surface area contributed by atoms with Crippen LogP contribution in [0.2, 0.25) is 0 Å². The average molecular weight is 243 g/mol. The Morgan fingerprint density at radius 2 is 2.29 bits per heavy atom. The minimum absolute atomic E-state index is 0.0216. The first kappa shape index (κ1) is 13.9. The molecule has 1 unspecified atom stereocenters. The molecule has 0 spiro atoms. The average Bonchev–Trinajstić information content (AvgIpc) is 2.76. The van der Waals surface area contributed by atoms with Gasteiger partial charge in [0.1, 0.15) is 6.04 Å². The van der Waals surface area contributed by atoms with Crippen molar-refractivity contribution in [3.8, 4) is 0 Å². The first-order valence-corrected chi connectivity index (χ1v) is 6.08. The van der Waals surface area contributed by atoms with Crippen molar-refractivity contribution in [3.05, 3.63) is 0 Å². The fourth-order valence-electron chi connectivity index (χ4n) is 1.90. The molecule has 2 atom stereocenters. The van der Waals surface area contributed by atoms with Crippen LogP contribution < -0.4 is 16.4 Å². The van der Waals surface area contributed by atoms with Crippen molar-refractivity contribution >= 4 is 11.9 Å². The van der Waals surface area contributed by atoms with E-state index in [1.54, 1.807) is 0 Å². The fourth-order valence-corrected chi connectivity index (χ4v) is 1.90. The smallest absolute Gasteiger partial charge is 0.320 e. The number of amides is 1. The topological polar surface area (TPSA) is 104 Å². The molecule has 1 rings (SSSR count). The van der Waals surface area contributed by atoms with Crippen molar-refractivity contribution < 1.29 is 14.7 Å². The van der Waals surface area contributed by atoms with Crippen molar-refractivity contribution in [2.45, 2.75) is 44.2 Å². The van der Waals surface area contributed by atoms with Crippen LogP contribution in [0.4, 0.5) is 0 Å². The SMILES string of the molecule is N[C@@H](CCCNC(=O)CC1CCCN1)C(=O)O. The Balaban J connectivity index is 2.01. The van der Waals surface area contributed by atoms with Gasteiger partial charge in [0.2, 0.25) is 5.91 Å². The number of carbonyl (C=O) groups excluding carboxylic acids is 1. The lowest BCUT2D eigenvalue weighted by atomic mass is 10.1. The maximum Gasteiger partial charge on any atom is 0.320 e. The Labute approximate surface area is 101 Å². The van der Waals surface area contributed by atoms with Crippen LogP contribution in [0.3, 0.4) is 0 Å². The molecule has 98 valence electrons. The summed E-state index contributed by atoms with van der Waals surface area (Å²) in [4.78, 5) is 21.9. The minimum atomic E-state index is -0.994. The molecule has 5 N–H and O–H groups in total. The summed E-state index contributed by atoms with van der Waals surface area (Å²) in [6.45, 7) is 1.48. The van der Waals surface area contributed by atoms with Gasteiger partial charge in [-0.15, -0.1) is 0 Å². The van der Waals surface area contributed by atoms with Crippen LogP contribution in [0.25, 0.3) is 0 Å². The van der Waals surface area contributed by atoms with Gasteiger partial charge >= 0.3 is 5.97 Å². The standard InChI is InChI=1S/C11H21N3O3/c12-9(11(16)17)4-2-6-14-10(15)7-8-3-1-5-13-8/h8-9,13H,1-7,12H2,(H,14,15)(H,16,17)/t8?,9-/m0/s1.